The van der Waals surface area contributed by atoms with Gasteiger partial charge in [0.1, 0.15) is 23.9 Å². The normalized spacial score (nSPS) is 10.6. The van der Waals surface area contributed by atoms with Crippen LogP contribution in [0.3, 0.4) is 0 Å². The van der Waals surface area contributed by atoms with Gasteiger partial charge in [-0.05, 0) is 59.7 Å². The van der Waals surface area contributed by atoms with E-state index in [0.29, 0.717) is 11.5 Å². The number of hydrogen-bond acceptors (Lipinski definition) is 7. The third kappa shape index (κ3) is 5.80. The number of nitrogens with one attached hydrogen (secondary N) is 1. The van der Waals surface area contributed by atoms with Crippen LogP contribution in [0.25, 0.3) is 0 Å². The third-order valence-electron chi connectivity index (χ3n) is 4.26. The summed E-state index contributed by atoms with van der Waals surface area (Å²) in [4.78, 5) is 22.3. The van der Waals surface area contributed by atoms with Crippen molar-refractivity contribution >= 4 is 17.8 Å². The van der Waals surface area contributed by atoms with Gasteiger partial charge in [0, 0.05) is 18.2 Å². The Kier molecular flexibility index (Phi) is 6.79. The van der Waals surface area contributed by atoms with Crippen molar-refractivity contribution in [1.82, 2.24) is 5.43 Å². The lowest BCUT2D eigenvalue weighted by molar-refractivity contribution is -0.384. The van der Waals surface area contributed by atoms with E-state index in [4.69, 9.17) is 9.47 Å². The SMILES string of the molecule is COc1ccc(C(=O)N/N=C\c2ccc(OCc3ccc([N+](=O)[O-])cc3)cc2)c(O)c1. The third-order valence-corrected chi connectivity index (χ3v) is 4.26. The van der Waals surface area contributed by atoms with Crippen LogP contribution in [-0.4, -0.2) is 29.3 Å². The van der Waals surface area contributed by atoms with E-state index in [1.165, 1.54) is 37.6 Å². The molecule has 158 valence electrons. The highest BCUT2D eigenvalue weighted by atomic mass is 16.6. The lowest BCUT2D eigenvalue weighted by Crippen LogP contribution is -2.17. The van der Waals surface area contributed by atoms with Crippen LogP contribution >= 0.6 is 0 Å². The molecular formula is C22H19N3O6. The molecule has 0 fully saturated rings. The molecule has 3 aromatic carbocycles. The molecule has 0 aliphatic rings. The highest BCUT2D eigenvalue weighted by molar-refractivity contribution is 5.97. The Morgan fingerprint density at radius 1 is 1.10 bits per heavy atom. The minimum Gasteiger partial charge on any atom is -0.507 e. The Morgan fingerprint density at radius 2 is 1.77 bits per heavy atom. The number of aromatic hydroxyl groups is 1. The number of nitrogens with zero attached hydrogens (tertiary/aromatic N) is 2. The van der Waals surface area contributed by atoms with Crippen LogP contribution in [0.2, 0.25) is 0 Å². The number of hydrazone groups is 1. The summed E-state index contributed by atoms with van der Waals surface area (Å²) in [6.07, 6.45) is 1.46. The van der Waals surface area contributed by atoms with E-state index in [-0.39, 0.29) is 23.6 Å². The number of phenolic OH excluding ortho intramolecular Hbond substituents is 1. The van der Waals surface area contributed by atoms with Crippen LogP contribution < -0.4 is 14.9 Å². The monoisotopic (exact) mass is 421 g/mol. The first kappa shape index (κ1) is 21.3. The summed E-state index contributed by atoms with van der Waals surface area (Å²) in [5.74, 6) is 0.289. The predicted molar refractivity (Wildman–Crippen MR) is 114 cm³/mol. The van der Waals surface area contributed by atoms with Gasteiger partial charge in [0.05, 0.1) is 23.8 Å². The summed E-state index contributed by atoms with van der Waals surface area (Å²) in [7, 11) is 1.46. The van der Waals surface area contributed by atoms with E-state index in [9.17, 15) is 20.0 Å². The van der Waals surface area contributed by atoms with Crippen molar-refractivity contribution in [1.29, 1.82) is 0 Å². The van der Waals surface area contributed by atoms with Crippen molar-refractivity contribution in [2.45, 2.75) is 6.61 Å². The molecule has 0 atom stereocenters. The van der Waals surface area contributed by atoms with E-state index in [0.717, 1.165) is 11.1 Å². The summed E-state index contributed by atoms with van der Waals surface area (Å²) in [6.45, 7) is 0.271. The van der Waals surface area contributed by atoms with Gasteiger partial charge < -0.3 is 14.6 Å². The molecule has 2 N–H and O–H groups in total. The zero-order valence-electron chi connectivity index (χ0n) is 16.5. The van der Waals surface area contributed by atoms with Crippen LogP contribution in [0.1, 0.15) is 21.5 Å². The lowest BCUT2D eigenvalue weighted by Gasteiger charge is -2.06. The van der Waals surface area contributed by atoms with Gasteiger partial charge in [-0.25, -0.2) is 5.43 Å². The molecule has 3 rings (SSSR count). The molecule has 0 saturated heterocycles. The van der Waals surface area contributed by atoms with Crippen LogP contribution in [0.4, 0.5) is 5.69 Å². The fourth-order valence-electron chi connectivity index (χ4n) is 2.59. The second-order valence-corrected chi connectivity index (χ2v) is 6.36. The van der Waals surface area contributed by atoms with E-state index >= 15 is 0 Å². The number of hydrogen-bond donors (Lipinski definition) is 2. The summed E-state index contributed by atoms with van der Waals surface area (Å²) in [6, 6.07) is 17.5. The van der Waals surface area contributed by atoms with Crippen molar-refractivity contribution in [2.75, 3.05) is 7.11 Å². The summed E-state index contributed by atoms with van der Waals surface area (Å²) >= 11 is 0. The van der Waals surface area contributed by atoms with Gasteiger partial charge in [-0.2, -0.15) is 5.10 Å². The van der Waals surface area contributed by atoms with Gasteiger partial charge in [0.25, 0.3) is 11.6 Å². The highest BCUT2D eigenvalue weighted by Gasteiger charge is 2.11. The molecule has 9 heteroatoms. The van der Waals surface area contributed by atoms with Gasteiger partial charge in [0.2, 0.25) is 0 Å². The first-order chi connectivity index (χ1) is 15.0. The molecule has 0 aromatic heterocycles. The summed E-state index contributed by atoms with van der Waals surface area (Å²) in [5.41, 5.74) is 3.99. The van der Waals surface area contributed by atoms with E-state index < -0.39 is 10.8 Å². The number of phenols is 1. The maximum Gasteiger partial charge on any atom is 0.275 e. The van der Waals surface area contributed by atoms with Crippen LogP contribution in [-0.2, 0) is 6.61 Å². The van der Waals surface area contributed by atoms with Crippen molar-refractivity contribution in [2.24, 2.45) is 5.10 Å². The number of carbonyl (C=O) groups excluding carboxylic acids is 1. The first-order valence-corrected chi connectivity index (χ1v) is 9.13. The highest BCUT2D eigenvalue weighted by Crippen LogP contribution is 2.23. The minimum atomic E-state index is -0.556. The second kappa shape index (κ2) is 9.88. The average Bonchev–Trinajstić information content (AvgIpc) is 2.78. The Hall–Kier alpha value is -4.40. The largest absolute Gasteiger partial charge is 0.507 e. The topological polar surface area (TPSA) is 123 Å². The van der Waals surface area contributed by atoms with Gasteiger partial charge in [-0.1, -0.05) is 0 Å². The van der Waals surface area contributed by atoms with Gasteiger partial charge in [-0.3, -0.25) is 14.9 Å². The standard InChI is InChI=1S/C22H19N3O6/c1-30-19-10-11-20(21(26)12-19)22(27)24-23-13-15-4-8-18(9-5-15)31-14-16-2-6-17(7-3-16)25(28)29/h2-13,26H,14H2,1H3,(H,24,27)/b23-13-. The maximum atomic E-state index is 12.1. The zero-order chi connectivity index (χ0) is 22.2. The van der Waals surface area contributed by atoms with Gasteiger partial charge >= 0.3 is 0 Å². The number of ether oxygens (including phenoxy) is 2. The molecule has 0 aliphatic carbocycles. The quantitative estimate of drug-likeness (QED) is 0.325. The smallest absolute Gasteiger partial charge is 0.275 e. The molecule has 0 saturated carbocycles. The molecule has 0 bridgehead atoms. The molecule has 0 radical (unpaired) electrons. The fraction of sp³-hybridized carbons (Fsp3) is 0.0909. The lowest BCUT2D eigenvalue weighted by atomic mass is 10.2. The molecule has 0 heterocycles. The first-order valence-electron chi connectivity index (χ1n) is 9.13. The Morgan fingerprint density at radius 3 is 2.39 bits per heavy atom. The number of carbonyl (C=O) groups is 1. The summed E-state index contributed by atoms with van der Waals surface area (Å²) in [5, 5.41) is 24.4. The Balaban J connectivity index is 1.52. The number of nitro groups is 1. The van der Waals surface area contributed by atoms with Crippen molar-refractivity contribution in [3.05, 3.63) is 93.5 Å². The molecule has 0 unspecified atom stereocenters. The Bertz CT molecular complexity index is 1100. The summed E-state index contributed by atoms with van der Waals surface area (Å²) < 4.78 is 10.6. The number of methoxy groups -OCH3 is 1. The second-order valence-electron chi connectivity index (χ2n) is 6.36. The van der Waals surface area contributed by atoms with Gasteiger partial charge in [-0.15, -0.1) is 0 Å². The minimum absolute atomic E-state index is 0.0293. The van der Waals surface area contributed by atoms with Crippen LogP contribution in [0.15, 0.2) is 71.8 Å². The van der Waals surface area contributed by atoms with Crippen molar-refractivity contribution < 1.29 is 24.3 Å². The molecule has 31 heavy (non-hydrogen) atoms. The van der Waals surface area contributed by atoms with Crippen molar-refractivity contribution in [3.8, 4) is 17.2 Å². The van der Waals surface area contributed by atoms with E-state index in [1.54, 1.807) is 42.5 Å². The molecule has 9 nitrogen and oxygen atoms in total. The number of non-ortho nitro benzene ring substituents is 1. The maximum absolute atomic E-state index is 12.1. The number of benzene rings is 3. The molecular weight excluding hydrogens is 402 g/mol. The molecule has 1 amide bonds. The molecule has 3 aromatic rings. The number of amides is 1. The molecule has 0 aliphatic heterocycles. The predicted octanol–water partition coefficient (Wildman–Crippen LogP) is 3.65. The zero-order valence-corrected chi connectivity index (χ0v) is 16.5. The van der Waals surface area contributed by atoms with Crippen LogP contribution in [0, 0.1) is 10.1 Å². The van der Waals surface area contributed by atoms with Crippen molar-refractivity contribution in [3.63, 3.8) is 0 Å². The fourth-order valence-corrected chi connectivity index (χ4v) is 2.59. The molecule has 0 spiro atoms. The van der Waals surface area contributed by atoms with Crippen LogP contribution in [0.5, 0.6) is 17.2 Å². The van der Waals surface area contributed by atoms with E-state index in [2.05, 4.69) is 10.5 Å². The number of rotatable bonds is 8. The average molecular weight is 421 g/mol. The number of nitro benzene ring substituents is 1. The Labute approximate surface area is 177 Å². The van der Waals surface area contributed by atoms with Gasteiger partial charge in [0.15, 0.2) is 0 Å². The van der Waals surface area contributed by atoms with E-state index in [1.807, 2.05) is 0 Å².